The molecule has 0 aromatic heterocycles. The van der Waals surface area contributed by atoms with Gasteiger partial charge in [0.2, 0.25) is 0 Å². The minimum absolute atomic E-state index is 0.0997. The van der Waals surface area contributed by atoms with Crippen LogP contribution in [0.4, 0.5) is 0 Å². The number of nitrogens with zero attached hydrogens (tertiary/aromatic N) is 2. The van der Waals surface area contributed by atoms with Crippen LogP contribution in [-0.4, -0.2) is 44.0 Å². The molecule has 0 amide bonds. The van der Waals surface area contributed by atoms with E-state index in [-0.39, 0.29) is 11.8 Å². The molecule has 0 aliphatic carbocycles. The minimum Gasteiger partial charge on any atom is -0.298 e. The highest BCUT2D eigenvalue weighted by Crippen LogP contribution is 2.22. The Morgan fingerprint density at radius 3 is 2.50 bits per heavy atom. The smallest absolute Gasteiger partial charge is 0.151 e. The summed E-state index contributed by atoms with van der Waals surface area (Å²) in [5.41, 5.74) is -0.414. The molecule has 0 spiro atoms. The zero-order chi connectivity index (χ0) is 12.4. The third kappa shape index (κ3) is 3.46. The van der Waals surface area contributed by atoms with E-state index in [0.29, 0.717) is 18.7 Å². The van der Waals surface area contributed by atoms with Crippen LogP contribution in [0.2, 0.25) is 0 Å². The summed E-state index contributed by atoms with van der Waals surface area (Å²) in [5, 5.41) is 8.99. The first-order valence-electron chi connectivity index (χ1n) is 5.65. The van der Waals surface area contributed by atoms with Gasteiger partial charge in [0.05, 0.1) is 23.0 Å². The quantitative estimate of drug-likeness (QED) is 0.741. The highest BCUT2D eigenvalue weighted by Gasteiger charge is 2.33. The van der Waals surface area contributed by atoms with E-state index in [2.05, 4.69) is 11.0 Å². The molecule has 5 heteroatoms. The lowest BCUT2D eigenvalue weighted by atomic mass is 9.94. The van der Waals surface area contributed by atoms with Crippen LogP contribution in [0, 0.1) is 16.7 Å². The van der Waals surface area contributed by atoms with Gasteiger partial charge < -0.3 is 0 Å². The van der Waals surface area contributed by atoms with Crippen molar-refractivity contribution < 1.29 is 8.42 Å². The Hall–Kier alpha value is -0.600. The van der Waals surface area contributed by atoms with Gasteiger partial charge in [0.25, 0.3) is 0 Å². The Labute approximate surface area is 98.2 Å². The fraction of sp³-hybridized carbons (Fsp3) is 0.909. The summed E-state index contributed by atoms with van der Waals surface area (Å²) >= 11 is 0. The Morgan fingerprint density at radius 1 is 1.50 bits per heavy atom. The van der Waals surface area contributed by atoms with E-state index < -0.39 is 15.3 Å². The standard InChI is InChI=1S/C11H20N2O2S/c1-4-13(9-11(2,3)8-12)10-5-6-16(14,15)7-10/h10H,4-7,9H2,1-3H3. The van der Waals surface area contributed by atoms with Crippen LogP contribution in [0.5, 0.6) is 0 Å². The van der Waals surface area contributed by atoms with Crippen LogP contribution < -0.4 is 0 Å². The first-order valence-corrected chi connectivity index (χ1v) is 7.47. The maximum atomic E-state index is 11.4. The van der Waals surface area contributed by atoms with Crippen molar-refractivity contribution in [3.8, 4) is 6.07 Å². The summed E-state index contributed by atoms with van der Waals surface area (Å²) in [4.78, 5) is 2.12. The largest absolute Gasteiger partial charge is 0.298 e. The predicted molar refractivity (Wildman–Crippen MR) is 63.7 cm³/mol. The average Bonchev–Trinajstić information content (AvgIpc) is 2.55. The van der Waals surface area contributed by atoms with Crippen molar-refractivity contribution in [2.24, 2.45) is 5.41 Å². The van der Waals surface area contributed by atoms with Crippen LogP contribution in [0.1, 0.15) is 27.2 Å². The van der Waals surface area contributed by atoms with Gasteiger partial charge >= 0.3 is 0 Å². The monoisotopic (exact) mass is 244 g/mol. The molecule has 1 heterocycles. The van der Waals surface area contributed by atoms with Gasteiger partial charge in [-0.3, -0.25) is 4.90 Å². The zero-order valence-corrected chi connectivity index (χ0v) is 11.0. The lowest BCUT2D eigenvalue weighted by Gasteiger charge is -2.31. The first-order chi connectivity index (χ1) is 7.29. The fourth-order valence-corrected chi connectivity index (χ4v) is 3.87. The third-order valence-corrected chi connectivity index (χ3v) is 4.78. The molecule has 1 saturated heterocycles. The van der Waals surface area contributed by atoms with E-state index in [4.69, 9.17) is 5.26 Å². The molecule has 1 aliphatic heterocycles. The van der Waals surface area contributed by atoms with Crippen LogP contribution >= 0.6 is 0 Å². The molecule has 16 heavy (non-hydrogen) atoms. The van der Waals surface area contributed by atoms with E-state index in [1.165, 1.54) is 0 Å². The molecule has 1 rings (SSSR count). The summed E-state index contributed by atoms with van der Waals surface area (Å²) in [6.07, 6.45) is 0.706. The van der Waals surface area contributed by atoms with Crippen molar-refractivity contribution in [1.82, 2.24) is 4.90 Å². The Morgan fingerprint density at radius 2 is 2.12 bits per heavy atom. The molecule has 1 fully saturated rings. The van der Waals surface area contributed by atoms with Gasteiger partial charge in [-0.1, -0.05) is 6.92 Å². The molecule has 0 N–H and O–H groups in total. The molecule has 0 saturated carbocycles. The van der Waals surface area contributed by atoms with Crippen molar-refractivity contribution >= 4 is 9.84 Å². The maximum Gasteiger partial charge on any atom is 0.151 e. The summed E-state index contributed by atoms with van der Waals surface area (Å²) in [5.74, 6) is 0.545. The Bertz CT molecular complexity index is 381. The molecule has 1 aliphatic rings. The molecule has 0 aromatic carbocycles. The van der Waals surface area contributed by atoms with E-state index in [1.807, 2.05) is 20.8 Å². The Kier molecular flexibility index (Phi) is 3.97. The molecule has 0 aromatic rings. The van der Waals surface area contributed by atoms with Crippen LogP contribution in [0.3, 0.4) is 0 Å². The van der Waals surface area contributed by atoms with E-state index in [0.717, 1.165) is 6.54 Å². The topological polar surface area (TPSA) is 61.2 Å². The molecule has 0 radical (unpaired) electrons. The highest BCUT2D eigenvalue weighted by atomic mass is 32.2. The lowest BCUT2D eigenvalue weighted by molar-refractivity contribution is 0.174. The van der Waals surface area contributed by atoms with E-state index in [9.17, 15) is 8.42 Å². The van der Waals surface area contributed by atoms with Crippen LogP contribution in [0.25, 0.3) is 0 Å². The molecular weight excluding hydrogens is 224 g/mol. The third-order valence-electron chi connectivity index (χ3n) is 3.03. The van der Waals surface area contributed by atoms with E-state index in [1.54, 1.807) is 0 Å². The van der Waals surface area contributed by atoms with Crippen LogP contribution in [0.15, 0.2) is 0 Å². The van der Waals surface area contributed by atoms with Gasteiger partial charge in [0.15, 0.2) is 9.84 Å². The van der Waals surface area contributed by atoms with Crippen LogP contribution in [-0.2, 0) is 9.84 Å². The lowest BCUT2D eigenvalue weighted by Crippen LogP contribution is -2.41. The highest BCUT2D eigenvalue weighted by molar-refractivity contribution is 7.91. The summed E-state index contributed by atoms with van der Waals surface area (Å²) < 4.78 is 22.8. The number of nitriles is 1. The average molecular weight is 244 g/mol. The van der Waals surface area contributed by atoms with Crippen molar-refractivity contribution in [1.29, 1.82) is 5.26 Å². The van der Waals surface area contributed by atoms with Crippen molar-refractivity contribution in [3.05, 3.63) is 0 Å². The fourth-order valence-electron chi connectivity index (χ4n) is 2.11. The molecular formula is C11H20N2O2S. The second kappa shape index (κ2) is 4.72. The van der Waals surface area contributed by atoms with Crippen molar-refractivity contribution in [3.63, 3.8) is 0 Å². The van der Waals surface area contributed by atoms with Crippen molar-refractivity contribution in [2.45, 2.75) is 33.2 Å². The predicted octanol–water partition coefficient (Wildman–Crippen LogP) is 1.05. The van der Waals surface area contributed by atoms with Gasteiger partial charge in [-0.2, -0.15) is 5.26 Å². The maximum absolute atomic E-state index is 11.4. The molecule has 1 atom stereocenters. The second-order valence-electron chi connectivity index (χ2n) is 5.12. The number of hydrogen-bond acceptors (Lipinski definition) is 4. The number of rotatable bonds is 4. The first kappa shape index (κ1) is 13.5. The number of sulfone groups is 1. The van der Waals surface area contributed by atoms with Gasteiger partial charge in [-0.05, 0) is 26.8 Å². The summed E-state index contributed by atoms with van der Waals surface area (Å²) in [6, 6.07) is 2.36. The van der Waals surface area contributed by atoms with E-state index >= 15 is 0 Å². The van der Waals surface area contributed by atoms with Gasteiger partial charge in [0, 0.05) is 12.6 Å². The van der Waals surface area contributed by atoms with Gasteiger partial charge in [-0.15, -0.1) is 0 Å². The van der Waals surface area contributed by atoms with Crippen molar-refractivity contribution in [2.75, 3.05) is 24.6 Å². The molecule has 0 bridgehead atoms. The molecule has 92 valence electrons. The molecule has 4 nitrogen and oxygen atoms in total. The number of hydrogen-bond donors (Lipinski definition) is 0. The normalized spacial score (nSPS) is 24.6. The zero-order valence-electron chi connectivity index (χ0n) is 10.2. The minimum atomic E-state index is -2.84. The van der Waals surface area contributed by atoms with Gasteiger partial charge in [0.1, 0.15) is 0 Å². The van der Waals surface area contributed by atoms with Gasteiger partial charge in [-0.25, -0.2) is 8.42 Å². The Balaban J connectivity index is 2.67. The SMILES string of the molecule is CCN(CC(C)(C)C#N)C1CCS(=O)(=O)C1. The molecule has 1 unspecified atom stereocenters. The summed E-state index contributed by atoms with van der Waals surface area (Å²) in [6.45, 7) is 7.22. The summed E-state index contributed by atoms with van der Waals surface area (Å²) in [7, 11) is -2.84. The second-order valence-corrected chi connectivity index (χ2v) is 7.34.